The zero-order valence-corrected chi connectivity index (χ0v) is 9.30. The number of alkyl halides is 3. The summed E-state index contributed by atoms with van der Waals surface area (Å²) in [6, 6.07) is 0. The molecular formula is C8H15F3N2OS. The number of ether oxygens (including phenoxy) is 1. The van der Waals surface area contributed by atoms with E-state index in [2.05, 4.69) is 22.9 Å². The molecule has 7 heteroatoms. The summed E-state index contributed by atoms with van der Waals surface area (Å²) in [5, 5.41) is 4.74. The molecule has 0 saturated carbocycles. The van der Waals surface area contributed by atoms with E-state index in [0.29, 0.717) is 26.2 Å². The normalized spacial score (nSPS) is 11.2. The summed E-state index contributed by atoms with van der Waals surface area (Å²) >= 11 is 4.64. The molecule has 0 aromatic carbocycles. The Bertz CT molecular complexity index is 187. The Hall–Kier alpha value is -0.560. The van der Waals surface area contributed by atoms with Crippen molar-refractivity contribution in [2.75, 3.05) is 26.3 Å². The van der Waals surface area contributed by atoms with Crippen LogP contribution in [-0.2, 0) is 4.74 Å². The fraction of sp³-hybridized carbons (Fsp3) is 0.875. The Morgan fingerprint density at radius 3 is 2.53 bits per heavy atom. The summed E-state index contributed by atoms with van der Waals surface area (Å²) in [6.07, 6.45) is -3.53. The zero-order valence-electron chi connectivity index (χ0n) is 8.49. The smallest absolute Gasteiger partial charge is 0.382 e. The van der Waals surface area contributed by atoms with Gasteiger partial charge in [0.15, 0.2) is 5.11 Å². The third-order valence-corrected chi connectivity index (χ3v) is 1.69. The van der Waals surface area contributed by atoms with Gasteiger partial charge in [-0.3, -0.25) is 0 Å². The number of hydrogen-bond donors (Lipinski definition) is 2. The Kier molecular flexibility index (Phi) is 7.41. The van der Waals surface area contributed by atoms with E-state index in [-0.39, 0.29) is 5.11 Å². The lowest BCUT2D eigenvalue weighted by Crippen LogP contribution is -2.41. The van der Waals surface area contributed by atoms with E-state index in [1.54, 1.807) is 0 Å². The lowest BCUT2D eigenvalue weighted by Gasteiger charge is -2.11. The summed E-state index contributed by atoms with van der Waals surface area (Å²) in [6.45, 7) is 2.49. The third kappa shape index (κ3) is 11.4. The summed E-state index contributed by atoms with van der Waals surface area (Å²) in [5.74, 6) is 0. The molecule has 0 aliphatic heterocycles. The highest BCUT2D eigenvalue weighted by Gasteiger charge is 2.26. The zero-order chi connectivity index (χ0) is 11.7. The molecule has 2 N–H and O–H groups in total. The van der Waals surface area contributed by atoms with Crippen LogP contribution in [0.15, 0.2) is 0 Å². The molecular weight excluding hydrogens is 229 g/mol. The second-order valence-corrected chi connectivity index (χ2v) is 3.18. The number of halogens is 3. The Morgan fingerprint density at radius 1 is 1.33 bits per heavy atom. The van der Waals surface area contributed by atoms with Crippen molar-refractivity contribution in [2.24, 2.45) is 0 Å². The van der Waals surface area contributed by atoms with Crippen molar-refractivity contribution in [1.29, 1.82) is 0 Å². The van der Waals surface area contributed by atoms with Gasteiger partial charge in [0, 0.05) is 19.8 Å². The van der Waals surface area contributed by atoms with E-state index in [1.807, 2.05) is 6.92 Å². The van der Waals surface area contributed by atoms with E-state index in [9.17, 15) is 13.2 Å². The van der Waals surface area contributed by atoms with Crippen LogP contribution < -0.4 is 10.6 Å². The van der Waals surface area contributed by atoms with E-state index < -0.39 is 12.7 Å². The van der Waals surface area contributed by atoms with Crippen LogP contribution in [0.2, 0.25) is 0 Å². The topological polar surface area (TPSA) is 33.3 Å². The maximum atomic E-state index is 11.7. The summed E-state index contributed by atoms with van der Waals surface area (Å²) in [5.41, 5.74) is 0. The van der Waals surface area contributed by atoms with Gasteiger partial charge in [-0.1, -0.05) is 0 Å². The molecule has 0 rings (SSSR count). The van der Waals surface area contributed by atoms with Crippen LogP contribution in [0.25, 0.3) is 0 Å². The highest BCUT2D eigenvalue weighted by atomic mass is 32.1. The maximum absolute atomic E-state index is 11.7. The predicted octanol–water partition coefficient (Wildman–Crippen LogP) is 1.44. The monoisotopic (exact) mass is 244 g/mol. The Morgan fingerprint density at radius 2 is 2.00 bits per heavy atom. The molecule has 0 aromatic rings. The average Bonchev–Trinajstić information content (AvgIpc) is 2.13. The quantitative estimate of drug-likeness (QED) is 0.547. The Labute approximate surface area is 92.4 Å². The second kappa shape index (κ2) is 7.70. The van der Waals surface area contributed by atoms with Crippen molar-refractivity contribution >= 4 is 17.3 Å². The van der Waals surface area contributed by atoms with Crippen molar-refractivity contribution < 1.29 is 17.9 Å². The largest absolute Gasteiger partial charge is 0.405 e. The molecule has 0 aliphatic rings. The number of hydrogen-bond acceptors (Lipinski definition) is 2. The lowest BCUT2D eigenvalue weighted by molar-refractivity contribution is -0.122. The van der Waals surface area contributed by atoms with E-state index in [4.69, 9.17) is 4.74 Å². The maximum Gasteiger partial charge on any atom is 0.405 e. The van der Waals surface area contributed by atoms with Gasteiger partial charge in [0.1, 0.15) is 6.54 Å². The van der Waals surface area contributed by atoms with E-state index >= 15 is 0 Å². The van der Waals surface area contributed by atoms with Gasteiger partial charge in [-0.2, -0.15) is 13.2 Å². The second-order valence-electron chi connectivity index (χ2n) is 2.78. The van der Waals surface area contributed by atoms with Gasteiger partial charge in [0.25, 0.3) is 0 Å². The molecule has 0 fully saturated rings. The molecule has 0 saturated heterocycles. The number of rotatable bonds is 6. The van der Waals surface area contributed by atoms with Crippen molar-refractivity contribution in [3.63, 3.8) is 0 Å². The molecule has 0 aromatic heterocycles. The van der Waals surface area contributed by atoms with Crippen LogP contribution >= 0.6 is 12.2 Å². The molecule has 0 atom stereocenters. The molecule has 0 unspecified atom stereocenters. The number of thiocarbonyl (C=S) groups is 1. The van der Waals surface area contributed by atoms with Gasteiger partial charge in [0.05, 0.1) is 0 Å². The summed E-state index contributed by atoms with van der Waals surface area (Å²) < 4.78 is 40.3. The summed E-state index contributed by atoms with van der Waals surface area (Å²) in [4.78, 5) is 0. The van der Waals surface area contributed by atoms with Crippen molar-refractivity contribution in [1.82, 2.24) is 10.6 Å². The standard InChI is InChI=1S/C8H15F3N2OS/c1-2-14-5-3-4-12-7(15)13-6-8(9,10)11/h2-6H2,1H3,(H2,12,13,15). The minimum Gasteiger partial charge on any atom is -0.382 e. The van der Waals surface area contributed by atoms with Gasteiger partial charge in [-0.25, -0.2) is 0 Å². The highest BCUT2D eigenvalue weighted by molar-refractivity contribution is 7.80. The van der Waals surface area contributed by atoms with Crippen LogP contribution in [0, 0.1) is 0 Å². The first-order chi connectivity index (χ1) is 6.95. The average molecular weight is 244 g/mol. The van der Waals surface area contributed by atoms with Crippen molar-refractivity contribution in [3.8, 4) is 0 Å². The van der Waals surface area contributed by atoms with Gasteiger partial charge >= 0.3 is 6.18 Å². The van der Waals surface area contributed by atoms with E-state index in [1.165, 1.54) is 0 Å². The predicted molar refractivity (Wildman–Crippen MR) is 55.8 cm³/mol. The minimum atomic E-state index is -4.24. The third-order valence-electron chi connectivity index (χ3n) is 1.40. The first-order valence-electron chi connectivity index (χ1n) is 4.62. The SMILES string of the molecule is CCOCCCNC(=S)NCC(F)(F)F. The van der Waals surface area contributed by atoms with Crippen molar-refractivity contribution in [3.05, 3.63) is 0 Å². The molecule has 0 radical (unpaired) electrons. The van der Waals surface area contributed by atoms with Crippen LogP contribution in [0.1, 0.15) is 13.3 Å². The fourth-order valence-corrected chi connectivity index (χ4v) is 0.938. The molecule has 0 heterocycles. The van der Waals surface area contributed by atoms with Gasteiger partial charge in [-0.05, 0) is 25.6 Å². The molecule has 15 heavy (non-hydrogen) atoms. The van der Waals surface area contributed by atoms with Gasteiger partial charge < -0.3 is 15.4 Å². The summed E-state index contributed by atoms with van der Waals surface area (Å²) in [7, 11) is 0. The van der Waals surface area contributed by atoms with Gasteiger partial charge in [-0.15, -0.1) is 0 Å². The molecule has 90 valence electrons. The first kappa shape index (κ1) is 14.4. The van der Waals surface area contributed by atoms with Crippen LogP contribution in [0.3, 0.4) is 0 Å². The number of nitrogens with one attached hydrogen (secondary N) is 2. The van der Waals surface area contributed by atoms with E-state index in [0.717, 1.165) is 0 Å². The van der Waals surface area contributed by atoms with Crippen LogP contribution in [-0.4, -0.2) is 37.6 Å². The molecule has 0 amide bonds. The molecule has 0 bridgehead atoms. The molecule has 3 nitrogen and oxygen atoms in total. The molecule has 0 spiro atoms. The highest BCUT2D eigenvalue weighted by Crippen LogP contribution is 2.11. The molecule has 0 aliphatic carbocycles. The Balaban J connectivity index is 3.34. The first-order valence-corrected chi connectivity index (χ1v) is 5.02. The van der Waals surface area contributed by atoms with Gasteiger partial charge in [0.2, 0.25) is 0 Å². The minimum absolute atomic E-state index is 0.0174. The van der Waals surface area contributed by atoms with Crippen LogP contribution in [0.4, 0.5) is 13.2 Å². The fourth-order valence-electron chi connectivity index (χ4n) is 0.763. The van der Waals surface area contributed by atoms with Crippen LogP contribution in [0.5, 0.6) is 0 Å². The lowest BCUT2D eigenvalue weighted by atomic mass is 10.4. The van der Waals surface area contributed by atoms with Crippen molar-refractivity contribution in [2.45, 2.75) is 19.5 Å².